The topological polar surface area (TPSA) is 59.3 Å². The molecule has 0 saturated carbocycles. The van der Waals surface area contributed by atoms with Gasteiger partial charge in [-0.2, -0.15) is 5.10 Å². The molecule has 0 unspecified atom stereocenters. The SMILES string of the molecule is Cc1cccn2ncc(C(=O)NCc3cccc4ncsc34)c12. The van der Waals surface area contributed by atoms with Gasteiger partial charge in [0, 0.05) is 12.7 Å². The quantitative estimate of drug-likeness (QED) is 0.630. The molecule has 0 saturated heterocycles. The summed E-state index contributed by atoms with van der Waals surface area (Å²) in [6, 6.07) is 9.85. The molecule has 114 valence electrons. The van der Waals surface area contributed by atoms with Gasteiger partial charge in [-0.15, -0.1) is 11.3 Å². The lowest BCUT2D eigenvalue weighted by molar-refractivity contribution is 0.0952. The summed E-state index contributed by atoms with van der Waals surface area (Å²) in [5.41, 5.74) is 6.34. The number of thiazole rings is 1. The van der Waals surface area contributed by atoms with Crippen molar-refractivity contribution in [2.24, 2.45) is 0 Å². The third-order valence-electron chi connectivity index (χ3n) is 3.86. The molecule has 0 aliphatic carbocycles. The molecule has 6 heteroatoms. The predicted octanol–water partition coefficient (Wildman–Crippen LogP) is 3.18. The number of carbonyl (C=O) groups excluding carboxylic acids is 1. The largest absolute Gasteiger partial charge is 0.348 e. The van der Waals surface area contributed by atoms with Gasteiger partial charge in [0.1, 0.15) is 0 Å². The summed E-state index contributed by atoms with van der Waals surface area (Å²) in [6.45, 7) is 2.45. The summed E-state index contributed by atoms with van der Waals surface area (Å²) in [5.74, 6) is -0.115. The van der Waals surface area contributed by atoms with Crippen LogP contribution in [0.15, 0.2) is 48.2 Å². The number of fused-ring (bicyclic) bond motifs is 2. The van der Waals surface area contributed by atoms with Crippen molar-refractivity contribution in [3.63, 3.8) is 0 Å². The van der Waals surface area contributed by atoms with Gasteiger partial charge in [0.05, 0.1) is 33.0 Å². The van der Waals surface area contributed by atoms with Gasteiger partial charge in [-0.25, -0.2) is 9.50 Å². The summed E-state index contributed by atoms with van der Waals surface area (Å²) in [5, 5.41) is 7.23. The number of rotatable bonds is 3. The van der Waals surface area contributed by atoms with E-state index in [0.717, 1.165) is 26.9 Å². The Morgan fingerprint density at radius 3 is 3.13 bits per heavy atom. The van der Waals surface area contributed by atoms with Gasteiger partial charge in [0.15, 0.2) is 0 Å². The number of hydrogen-bond acceptors (Lipinski definition) is 4. The standard InChI is InChI=1S/C17H14N4OS/c1-11-4-3-7-21-15(11)13(9-20-21)17(22)18-8-12-5-2-6-14-16(12)23-10-19-14/h2-7,9-10H,8H2,1H3,(H,18,22). The van der Waals surface area contributed by atoms with Crippen molar-refractivity contribution in [2.45, 2.75) is 13.5 Å². The lowest BCUT2D eigenvalue weighted by Gasteiger charge is -2.06. The van der Waals surface area contributed by atoms with Crippen molar-refractivity contribution >= 4 is 33.0 Å². The van der Waals surface area contributed by atoms with Gasteiger partial charge >= 0.3 is 0 Å². The van der Waals surface area contributed by atoms with Crippen LogP contribution in [0.3, 0.4) is 0 Å². The first-order chi connectivity index (χ1) is 11.2. The summed E-state index contributed by atoms with van der Waals surface area (Å²) in [4.78, 5) is 16.8. The highest BCUT2D eigenvalue weighted by Gasteiger charge is 2.14. The van der Waals surface area contributed by atoms with Gasteiger partial charge in [0.25, 0.3) is 5.91 Å². The van der Waals surface area contributed by atoms with E-state index in [4.69, 9.17) is 0 Å². The van der Waals surface area contributed by atoms with Crippen LogP contribution >= 0.6 is 11.3 Å². The van der Waals surface area contributed by atoms with E-state index in [0.29, 0.717) is 12.1 Å². The lowest BCUT2D eigenvalue weighted by Crippen LogP contribution is -2.22. The summed E-state index contributed by atoms with van der Waals surface area (Å²) in [7, 11) is 0. The van der Waals surface area contributed by atoms with Gasteiger partial charge in [0.2, 0.25) is 0 Å². The molecule has 1 aromatic carbocycles. The predicted molar refractivity (Wildman–Crippen MR) is 90.7 cm³/mol. The molecular weight excluding hydrogens is 308 g/mol. The average Bonchev–Trinajstić information content (AvgIpc) is 3.20. The molecule has 4 aromatic rings. The van der Waals surface area contributed by atoms with Crippen molar-refractivity contribution in [1.29, 1.82) is 0 Å². The number of aryl methyl sites for hydroxylation is 1. The van der Waals surface area contributed by atoms with E-state index in [9.17, 15) is 4.79 Å². The lowest BCUT2D eigenvalue weighted by atomic mass is 10.1. The highest BCUT2D eigenvalue weighted by molar-refractivity contribution is 7.16. The first-order valence-corrected chi connectivity index (χ1v) is 8.14. The van der Waals surface area contributed by atoms with Crippen molar-refractivity contribution in [2.75, 3.05) is 0 Å². The van der Waals surface area contributed by atoms with Crippen LogP contribution < -0.4 is 5.32 Å². The summed E-state index contributed by atoms with van der Waals surface area (Å²) in [6.07, 6.45) is 3.46. The van der Waals surface area contributed by atoms with E-state index in [2.05, 4.69) is 15.4 Å². The average molecular weight is 322 g/mol. The maximum atomic E-state index is 12.5. The summed E-state index contributed by atoms with van der Waals surface area (Å²) < 4.78 is 2.84. The molecule has 0 radical (unpaired) electrons. The minimum atomic E-state index is -0.115. The summed E-state index contributed by atoms with van der Waals surface area (Å²) >= 11 is 1.59. The highest BCUT2D eigenvalue weighted by Crippen LogP contribution is 2.22. The normalized spacial score (nSPS) is 11.2. The van der Waals surface area contributed by atoms with Crippen LogP contribution in [-0.2, 0) is 6.54 Å². The Kier molecular flexibility index (Phi) is 3.31. The Morgan fingerprint density at radius 1 is 1.30 bits per heavy atom. The Hall–Kier alpha value is -2.73. The molecule has 1 amide bonds. The van der Waals surface area contributed by atoms with E-state index in [-0.39, 0.29) is 5.91 Å². The second kappa shape index (κ2) is 5.48. The van der Waals surface area contributed by atoms with E-state index >= 15 is 0 Å². The number of hydrogen-bond donors (Lipinski definition) is 1. The molecule has 0 atom stereocenters. The third-order valence-corrected chi connectivity index (χ3v) is 4.78. The Labute approximate surface area is 136 Å². The van der Waals surface area contributed by atoms with Gasteiger partial charge < -0.3 is 5.32 Å². The minimum Gasteiger partial charge on any atom is -0.348 e. The number of nitrogens with one attached hydrogen (secondary N) is 1. The molecule has 0 aliphatic heterocycles. The monoisotopic (exact) mass is 322 g/mol. The van der Waals surface area contributed by atoms with Gasteiger partial charge in [-0.05, 0) is 30.2 Å². The second-order valence-corrected chi connectivity index (χ2v) is 6.20. The highest BCUT2D eigenvalue weighted by atomic mass is 32.1. The Balaban J connectivity index is 1.61. The molecule has 4 rings (SSSR count). The second-order valence-electron chi connectivity index (χ2n) is 5.34. The molecule has 0 spiro atoms. The minimum absolute atomic E-state index is 0.115. The molecule has 0 aliphatic rings. The Morgan fingerprint density at radius 2 is 2.22 bits per heavy atom. The zero-order valence-electron chi connectivity index (χ0n) is 12.5. The fourth-order valence-corrected chi connectivity index (χ4v) is 3.54. The van der Waals surface area contributed by atoms with Crippen LogP contribution in [0.4, 0.5) is 0 Å². The zero-order chi connectivity index (χ0) is 15.8. The molecular formula is C17H14N4OS. The van der Waals surface area contributed by atoms with Crippen LogP contribution in [0, 0.1) is 6.92 Å². The van der Waals surface area contributed by atoms with Crippen molar-refractivity contribution in [1.82, 2.24) is 19.9 Å². The number of nitrogens with zero attached hydrogens (tertiary/aromatic N) is 3. The molecule has 0 fully saturated rings. The van der Waals surface area contributed by atoms with Crippen LogP contribution in [0.25, 0.3) is 15.7 Å². The van der Waals surface area contributed by atoms with Crippen molar-refractivity contribution < 1.29 is 4.79 Å². The Bertz CT molecular complexity index is 1020. The zero-order valence-corrected chi connectivity index (χ0v) is 13.3. The fourth-order valence-electron chi connectivity index (χ4n) is 2.74. The van der Waals surface area contributed by atoms with Crippen molar-refractivity contribution in [3.05, 3.63) is 64.9 Å². The van der Waals surface area contributed by atoms with Gasteiger partial charge in [-0.1, -0.05) is 18.2 Å². The van der Waals surface area contributed by atoms with E-state index in [1.807, 2.05) is 49.0 Å². The number of aromatic nitrogens is 3. The van der Waals surface area contributed by atoms with Crippen molar-refractivity contribution in [3.8, 4) is 0 Å². The number of amides is 1. The van der Waals surface area contributed by atoms with Crippen LogP contribution in [-0.4, -0.2) is 20.5 Å². The maximum Gasteiger partial charge on any atom is 0.255 e. The van der Waals surface area contributed by atoms with E-state index in [1.165, 1.54) is 0 Å². The van der Waals surface area contributed by atoms with Crippen LogP contribution in [0.2, 0.25) is 0 Å². The fraction of sp³-hybridized carbons (Fsp3) is 0.118. The number of benzene rings is 1. The molecule has 5 nitrogen and oxygen atoms in total. The first kappa shape index (κ1) is 13.9. The molecule has 3 aromatic heterocycles. The number of pyridine rings is 1. The molecule has 0 bridgehead atoms. The smallest absolute Gasteiger partial charge is 0.255 e. The number of carbonyl (C=O) groups is 1. The van der Waals surface area contributed by atoms with E-state index in [1.54, 1.807) is 22.0 Å². The molecule has 23 heavy (non-hydrogen) atoms. The third kappa shape index (κ3) is 2.37. The van der Waals surface area contributed by atoms with Gasteiger partial charge in [-0.3, -0.25) is 4.79 Å². The molecule has 1 N–H and O–H groups in total. The first-order valence-electron chi connectivity index (χ1n) is 7.26. The maximum absolute atomic E-state index is 12.5. The van der Waals surface area contributed by atoms with Crippen LogP contribution in [0.5, 0.6) is 0 Å². The van der Waals surface area contributed by atoms with E-state index < -0.39 is 0 Å². The molecule has 3 heterocycles. The van der Waals surface area contributed by atoms with Crippen LogP contribution in [0.1, 0.15) is 21.5 Å².